The van der Waals surface area contributed by atoms with E-state index in [0.717, 1.165) is 0 Å². The van der Waals surface area contributed by atoms with Crippen LogP contribution in [-0.4, -0.2) is 23.1 Å². The molecule has 0 aliphatic carbocycles. The predicted molar refractivity (Wildman–Crippen MR) is 120 cm³/mol. The van der Waals surface area contributed by atoms with Crippen LogP contribution in [0, 0.1) is 0 Å². The number of carbonyl (C=O) groups excluding carboxylic acids is 1. The summed E-state index contributed by atoms with van der Waals surface area (Å²) in [5, 5.41) is 4.20. The average Bonchev–Trinajstić information content (AvgIpc) is 3.09. The van der Waals surface area contributed by atoms with Gasteiger partial charge in [0.05, 0.1) is 23.4 Å². The number of aromatic nitrogens is 1. The summed E-state index contributed by atoms with van der Waals surface area (Å²) in [5.74, 6) is 1.33. The number of para-hydroxylation sites is 1. The fourth-order valence-corrected chi connectivity index (χ4v) is 3.40. The van der Waals surface area contributed by atoms with E-state index in [9.17, 15) is 4.79 Å². The Hall–Kier alpha value is -2.77. The van der Waals surface area contributed by atoms with Crippen LogP contribution in [0.5, 0.6) is 22.3 Å². The first-order chi connectivity index (χ1) is 14.3. The molecule has 6 nitrogen and oxygen atoms in total. The number of nitrogens with one attached hydrogen (secondary N) is 1. The van der Waals surface area contributed by atoms with Crippen molar-refractivity contribution >= 4 is 34.0 Å². The second-order valence-electron chi connectivity index (χ2n) is 7.00. The van der Waals surface area contributed by atoms with Crippen molar-refractivity contribution in [3.05, 3.63) is 59.2 Å². The number of thiazole rings is 1. The van der Waals surface area contributed by atoms with E-state index in [-0.39, 0.29) is 18.1 Å². The molecule has 0 aliphatic rings. The van der Waals surface area contributed by atoms with Crippen LogP contribution in [0.15, 0.2) is 48.7 Å². The molecule has 3 rings (SSSR count). The first-order valence-electron chi connectivity index (χ1n) is 9.48. The zero-order valence-electron chi connectivity index (χ0n) is 17.1. The van der Waals surface area contributed by atoms with Crippen LogP contribution in [0.1, 0.15) is 38.1 Å². The lowest BCUT2D eigenvalue weighted by atomic mass is 10.2. The molecule has 1 aromatic heterocycles. The van der Waals surface area contributed by atoms with Crippen LogP contribution in [0.3, 0.4) is 0 Å². The monoisotopic (exact) mass is 446 g/mol. The van der Waals surface area contributed by atoms with E-state index < -0.39 is 0 Å². The van der Waals surface area contributed by atoms with E-state index in [1.54, 1.807) is 30.3 Å². The Bertz CT molecular complexity index is 992. The minimum atomic E-state index is -0.323. The third-order valence-electron chi connectivity index (χ3n) is 3.64. The first kappa shape index (κ1) is 21.9. The van der Waals surface area contributed by atoms with Gasteiger partial charge in [0.15, 0.2) is 5.13 Å². The minimum absolute atomic E-state index is 0.0290. The van der Waals surface area contributed by atoms with Gasteiger partial charge in [0.1, 0.15) is 17.2 Å². The standard InChI is InChI=1S/C22H23ClN2O4S/c1-13(2)27-16-9-15(10-17(11-16)28-14(3)4)21(26)25-22-24-12-20(30-22)29-19-8-6-5-7-18(19)23/h5-14H,1-4H3,(H,24,25,26). The van der Waals surface area contributed by atoms with E-state index in [1.807, 2.05) is 39.8 Å². The van der Waals surface area contributed by atoms with E-state index in [0.29, 0.717) is 38.0 Å². The Morgan fingerprint density at radius 1 is 1.03 bits per heavy atom. The van der Waals surface area contributed by atoms with Gasteiger partial charge in [-0.05, 0) is 52.0 Å². The van der Waals surface area contributed by atoms with Crippen LogP contribution in [-0.2, 0) is 0 Å². The summed E-state index contributed by atoms with van der Waals surface area (Å²) in [6, 6.07) is 12.3. The molecule has 1 heterocycles. The number of rotatable bonds is 8. The van der Waals surface area contributed by atoms with Crippen LogP contribution >= 0.6 is 22.9 Å². The lowest BCUT2D eigenvalue weighted by Crippen LogP contribution is -2.14. The molecule has 0 saturated carbocycles. The molecule has 30 heavy (non-hydrogen) atoms. The van der Waals surface area contributed by atoms with Crippen LogP contribution in [0.2, 0.25) is 5.02 Å². The number of carbonyl (C=O) groups is 1. The van der Waals surface area contributed by atoms with E-state index >= 15 is 0 Å². The van der Waals surface area contributed by atoms with Crippen molar-refractivity contribution in [2.45, 2.75) is 39.9 Å². The van der Waals surface area contributed by atoms with Crippen molar-refractivity contribution in [2.24, 2.45) is 0 Å². The Kier molecular flexibility index (Phi) is 7.18. The van der Waals surface area contributed by atoms with Crippen LogP contribution in [0.25, 0.3) is 0 Å². The van der Waals surface area contributed by atoms with Gasteiger partial charge in [-0.25, -0.2) is 4.98 Å². The second kappa shape index (κ2) is 9.82. The van der Waals surface area contributed by atoms with Crippen molar-refractivity contribution in [3.63, 3.8) is 0 Å². The highest BCUT2D eigenvalue weighted by Gasteiger charge is 2.15. The van der Waals surface area contributed by atoms with Crippen molar-refractivity contribution in [2.75, 3.05) is 5.32 Å². The smallest absolute Gasteiger partial charge is 0.257 e. The number of benzene rings is 2. The maximum absolute atomic E-state index is 12.8. The third kappa shape index (κ3) is 6.11. The highest BCUT2D eigenvalue weighted by atomic mass is 35.5. The number of halogens is 1. The molecule has 3 aromatic rings. The van der Waals surface area contributed by atoms with Gasteiger partial charge in [-0.15, -0.1) is 0 Å². The lowest BCUT2D eigenvalue weighted by molar-refractivity contribution is 0.102. The zero-order valence-corrected chi connectivity index (χ0v) is 18.7. The SMILES string of the molecule is CC(C)Oc1cc(OC(C)C)cc(C(=O)Nc2ncc(Oc3ccccc3Cl)s2)c1. The van der Waals surface area contributed by atoms with Gasteiger partial charge >= 0.3 is 0 Å². The molecule has 8 heteroatoms. The molecule has 0 bridgehead atoms. The minimum Gasteiger partial charge on any atom is -0.491 e. The van der Waals surface area contributed by atoms with Crippen molar-refractivity contribution in [1.82, 2.24) is 4.98 Å². The van der Waals surface area contributed by atoms with E-state index in [4.69, 9.17) is 25.8 Å². The van der Waals surface area contributed by atoms with Gasteiger partial charge in [-0.2, -0.15) is 0 Å². The molecule has 0 atom stereocenters. The highest BCUT2D eigenvalue weighted by Crippen LogP contribution is 2.34. The van der Waals surface area contributed by atoms with Gasteiger partial charge in [-0.3, -0.25) is 10.1 Å². The fourth-order valence-electron chi connectivity index (χ4n) is 2.55. The Morgan fingerprint density at radius 3 is 2.27 bits per heavy atom. The summed E-state index contributed by atoms with van der Waals surface area (Å²) < 4.78 is 17.2. The van der Waals surface area contributed by atoms with Gasteiger partial charge in [0.25, 0.3) is 5.91 Å². The number of nitrogens with zero attached hydrogens (tertiary/aromatic N) is 1. The third-order valence-corrected chi connectivity index (χ3v) is 4.74. The summed E-state index contributed by atoms with van der Waals surface area (Å²) in [7, 11) is 0. The number of amides is 1. The largest absolute Gasteiger partial charge is 0.491 e. The van der Waals surface area contributed by atoms with E-state index in [2.05, 4.69) is 10.3 Å². The molecule has 0 fully saturated rings. The molecular weight excluding hydrogens is 424 g/mol. The summed E-state index contributed by atoms with van der Waals surface area (Å²) in [6.07, 6.45) is 1.48. The fraction of sp³-hybridized carbons (Fsp3) is 0.273. The Balaban J connectivity index is 1.75. The molecule has 1 N–H and O–H groups in total. The number of hydrogen-bond acceptors (Lipinski definition) is 6. The molecule has 0 aliphatic heterocycles. The Labute approximate surface area is 184 Å². The first-order valence-corrected chi connectivity index (χ1v) is 10.7. The molecular formula is C22H23ClN2O4S. The molecule has 0 spiro atoms. The van der Waals surface area contributed by atoms with Gasteiger partial charge in [0.2, 0.25) is 5.06 Å². The van der Waals surface area contributed by atoms with Gasteiger partial charge in [-0.1, -0.05) is 35.1 Å². The highest BCUT2D eigenvalue weighted by molar-refractivity contribution is 7.17. The molecule has 0 radical (unpaired) electrons. The maximum Gasteiger partial charge on any atom is 0.257 e. The molecule has 0 saturated heterocycles. The number of hydrogen-bond donors (Lipinski definition) is 1. The average molecular weight is 447 g/mol. The number of anilines is 1. The molecule has 158 valence electrons. The van der Waals surface area contributed by atoms with Gasteiger partial charge in [0, 0.05) is 11.6 Å². The quantitative estimate of drug-likeness (QED) is 0.432. The predicted octanol–water partition coefficient (Wildman–Crippen LogP) is 6.42. The normalized spacial score (nSPS) is 10.9. The topological polar surface area (TPSA) is 69.7 Å². The zero-order chi connectivity index (χ0) is 21.7. The molecule has 2 aromatic carbocycles. The summed E-state index contributed by atoms with van der Waals surface area (Å²) in [6.45, 7) is 7.69. The second-order valence-corrected chi connectivity index (χ2v) is 8.40. The number of ether oxygens (including phenoxy) is 3. The van der Waals surface area contributed by atoms with Crippen molar-refractivity contribution in [3.8, 4) is 22.3 Å². The van der Waals surface area contributed by atoms with Crippen molar-refractivity contribution < 1.29 is 19.0 Å². The van der Waals surface area contributed by atoms with Crippen LogP contribution in [0.4, 0.5) is 5.13 Å². The molecule has 0 unspecified atom stereocenters. The molecule has 1 amide bonds. The maximum atomic E-state index is 12.8. The van der Waals surface area contributed by atoms with Gasteiger partial charge < -0.3 is 14.2 Å². The summed E-state index contributed by atoms with van der Waals surface area (Å²) >= 11 is 7.32. The Morgan fingerprint density at radius 2 is 1.67 bits per heavy atom. The van der Waals surface area contributed by atoms with Crippen LogP contribution < -0.4 is 19.5 Å². The van der Waals surface area contributed by atoms with Crippen molar-refractivity contribution in [1.29, 1.82) is 0 Å². The summed E-state index contributed by atoms with van der Waals surface area (Å²) in [4.78, 5) is 17.0. The summed E-state index contributed by atoms with van der Waals surface area (Å²) in [5.41, 5.74) is 0.410. The lowest BCUT2D eigenvalue weighted by Gasteiger charge is -2.15. The van der Waals surface area contributed by atoms with E-state index in [1.165, 1.54) is 17.5 Å².